The Morgan fingerprint density at radius 2 is 1.81 bits per heavy atom. The van der Waals surface area contributed by atoms with Gasteiger partial charge in [-0.15, -0.1) is 0 Å². The summed E-state index contributed by atoms with van der Waals surface area (Å²) < 4.78 is 13.2. The fourth-order valence-corrected chi connectivity index (χ4v) is 2.46. The molecule has 1 amide bonds. The van der Waals surface area contributed by atoms with Gasteiger partial charge in [0, 0.05) is 18.7 Å². The topological polar surface area (TPSA) is 20.3 Å². The van der Waals surface area contributed by atoms with Crippen LogP contribution in [0.3, 0.4) is 0 Å². The van der Waals surface area contributed by atoms with E-state index in [4.69, 9.17) is 0 Å². The van der Waals surface area contributed by atoms with E-state index in [1.807, 2.05) is 45.0 Å². The number of rotatable bonds is 4. The summed E-state index contributed by atoms with van der Waals surface area (Å²) in [5.41, 5.74) is 3.42. The molecule has 0 spiro atoms. The zero-order chi connectivity index (χ0) is 15.4. The summed E-state index contributed by atoms with van der Waals surface area (Å²) in [6.45, 7) is 7.19. The van der Waals surface area contributed by atoms with Gasteiger partial charge >= 0.3 is 0 Å². The van der Waals surface area contributed by atoms with Crippen molar-refractivity contribution in [3.05, 3.63) is 59.4 Å². The molecule has 0 aromatic heterocycles. The summed E-state index contributed by atoms with van der Waals surface area (Å²) in [7, 11) is 0. The number of nitrogens with zero attached hydrogens (tertiary/aromatic N) is 1. The Labute approximate surface area is 125 Å². The van der Waals surface area contributed by atoms with E-state index < -0.39 is 0 Å². The minimum atomic E-state index is -0.244. The van der Waals surface area contributed by atoms with Crippen LogP contribution in [0.5, 0.6) is 0 Å². The van der Waals surface area contributed by atoms with Gasteiger partial charge in [0.25, 0.3) is 5.91 Å². The third kappa shape index (κ3) is 3.30. The average molecular weight is 285 g/mol. The predicted molar refractivity (Wildman–Crippen MR) is 83.8 cm³/mol. The average Bonchev–Trinajstić information content (AvgIpc) is 2.48. The summed E-state index contributed by atoms with van der Waals surface area (Å²) in [6, 6.07) is 12.2. The number of halogens is 1. The van der Waals surface area contributed by atoms with E-state index in [1.165, 1.54) is 12.1 Å². The SMILES string of the molecule is CCN(CC)C(=O)c1cccc(-c2ccc(F)cc2C)c1. The third-order valence-electron chi connectivity index (χ3n) is 3.66. The van der Waals surface area contributed by atoms with Gasteiger partial charge in [0.1, 0.15) is 5.82 Å². The van der Waals surface area contributed by atoms with Crippen LogP contribution in [0.1, 0.15) is 29.8 Å². The van der Waals surface area contributed by atoms with Crippen LogP contribution >= 0.6 is 0 Å². The van der Waals surface area contributed by atoms with Crippen LogP contribution in [0.4, 0.5) is 4.39 Å². The van der Waals surface area contributed by atoms with Gasteiger partial charge in [-0.1, -0.05) is 18.2 Å². The van der Waals surface area contributed by atoms with Crippen molar-refractivity contribution < 1.29 is 9.18 Å². The predicted octanol–water partition coefficient (Wildman–Crippen LogP) is 4.28. The molecule has 0 aliphatic carbocycles. The van der Waals surface area contributed by atoms with Crippen molar-refractivity contribution in [1.82, 2.24) is 4.90 Å². The molecule has 21 heavy (non-hydrogen) atoms. The van der Waals surface area contributed by atoms with Gasteiger partial charge in [-0.05, 0) is 61.7 Å². The van der Waals surface area contributed by atoms with Gasteiger partial charge in [-0.3, -0.25) is 4.79 Å². The lowest BCUT2D eigenvalue weighted by Crippen LogP contribution is -2.30. The normalized spacial score (nSPS) is 10.5. The second-order valence-corrected chi connectivity index (χ2v) is 5.02. The maximum Gasteiger partial charge on any atom is 0.253 e. The van der Waals surface area contributed by atoms with E-state index >= 15 is 0 Å². The monoisotopic (exact) mass is 285 g/mol. The van der Waals surface area contributed by atoms with Crippen LogP contribution in [0, 0.1) is 12.7 Å². The Balaban J connectivity index is 2.40. The molecule has 0 unspecified atom stereocenters. The van der Waals surface area contributed by atoms with Gasteiger partial charge in [-0.2, -0.15) is 0 Å². The molecule has 0 heterocycles. The molecule has 0 fully saturated rings. The van der Waals surface area contributed by atoms with E-state index in [0.29, 0.717) is 18.7 Å². The third-order valence-corrected chi connectivity index (χ3v) is 3.66. The lowest BCUT2D eigenvalue weighted by molar-refractivity contribution is 0.0773. The highest BCUT2D eigenvalue weighted by atomic mass is 19.1. The van der Waals surface area contributed by atoms with Crippen molar-refractivity contribution >= 4 is 5.91 Å². The highest BCUT2D eigenvalue weighted by molar-refractivity contribution is 5.95. The Bertz CT molecular complexity index is 647. The van der Waals surface area contributed by atoms with E-state index in [2.05, 4.69) is 0 Å². The highest BCUT2D eigenvalue weighted by Gasteiger charge is 2.13. The number of carbonyl (C=O) groups is 1. The molecule has 0 radical (unpaired) electrons. The van der Waals surface area contributed by atoms with Crippen molar-refractivity contribution in [1.29, 1.82) is 0 Å². The van der Waals surface area contributed by atoms with Gasteiger partial charge in [0.15, 0.2) is 0 Å². The molecule has 2 rings (SSSR count). The van der Waals surface area contributed by atoms with Crippen molar-refractivity contribution in [2.24, 2.45) is 0 Å². The first-order chi connectivity index (χ1) is 10.1. The number of hydrogen-bond donors (Lipinski definition) is 0. The molecular formula is C18H20FNO. The zero-order valence-electron chi connectivity index (χ0n) is 12.7. The maximum absolute atomic E-state index is 13.2. The quantitative estimate of drug-likeness (QED) is 0.821. The van der Waals surface area contributed by atoms with Crippen LogP contribution < -0.4 is 0 Å². The first-order valence-electron chi connectivity index (χ1n) is 7.22. The fourth-order valence-electron chi connectivity index (χ4n) is 2.46. The Kier molecular flexibility index (Phi) is 4.73. The lowest BCUT2D eigenvalue weighted by atomic mass is 9.98. The van der Waals surface area contributed by atoms with Gasteiger partial charge in [0.2, 0.25) is 0 Å². The molecule has 0 bridgehead atoms. The van der Waals surface area contributed by atoms with E-state index in [-0.39, 0.29) is 11.7 Å². The Hall–Kier alpha value is -2.16. The lowest BCUT2D eigenvalue weighted by Gasteiger charge is -2.19. The second-order valence-electron chi connectivity index (χ2n) is 5.02. The first kappa shape index (κ1) is 15.2. The molecule has 0 saturated heterocycles. The van der Waals surface area contributed by atoms with Crippen LogP contribution in [0.15, 0.2) is 42.5 Å². The Morgan fingerprint density at radius 1 is 1.10 bits per heavy atom. The summed E-state index contributed by atoms with van der Waals surface area (Å²) in [5.74, 6) is -0.215. The molecule has 0 aliphatic heterocycles. The smallest absolute Gasteiger partial charge is 0.253 e. The molecule has 0 aliphatic rings. The molecule has 0 saturated carbocycles. The van der Waals surface area contributed by atoms with Crippen molar-refractivity contribution in [2.45, 2.75) is 20.8 Å². The number of benzene rings is 2. The number of hydrogen-bond acceptors (Lipinski definition) is 1. The molecule has 3 heteroatoms. The largest absolute Gasteiger partial charge is 0.339 e. The molecular weight excluding hydrogens is 265 g/mol. The van der Waals surface area contributed by atoms with E-state index in [0.717, 1.165) is 16.7 Å². The summed E-state index contributed by atoms with van der Waals surface area (Å²) in [6.07, 6.45) is 0. The molecule has 2 aromatic carbocycles. The maximum atomic E-state index is 13.2. The highest BCUT2D eigenvalue weighted by Crippen LogP contribution is 2.25. The summed E-state index contributed by atoms with van der Waals surface area (Å²) in [4.78, 5) is 14.2. The van der Waals surface area contributed by atoms with Crippen molar-refractivity contribution in [3.8, 4) is 11.1 Å². The molecule has 2 nitrogen and oxygen atoms in total. The van der Waals surface area contributed by atoms with Crippen LogP contribution in [0.2, 0.25) is 0 Å². The van der Waals surface area contributed by atoms with Gasteiger partial charge < -0.3 is 4.90 Å². The molecule has 2 aromatic rings. The van der Waals surface area contributed by atoms with Crippen molar-refractivity contribution in [2.75, 3.05) is 13.1 Å². The minimum Gasteiger partial charge on any atom is -0.339 e. The standard InChI is InChI=1S/C18H20FNO/c1-4-20(5-2)18(21)15-8-6-7-14(12-15)17-10-9-16(19)11-13(17)3/h6-12H,4-5H2,1-3H3. The van der Waals surface area contributed by atoms with E-state index in [1.54, 1.807) is 11.0 Å². The molecule has 110 valence electrons. The number of aryl methyl sites for hydroxylation is 1. The second kappa shape index (κ2) is 6.53. The molecule has 0 N–H and O–H groups in total. The number of carbonyl (C=O) groups excluding carboxylic acids is 1. The summed E-state index contributed by atoms with van der Waals surface area (Å²) >= 11 is 0. The van der Waals surface area contributed by atoms with Crippen LogP contribution in [-0.2, 0) is 0 Å². The molecule has 0 atom stereocenters. The van der Waals surface area contributed by atoms with Crippen LogP contribution in [0.25, 0.3) is 11.1 Å². The van der Waals surface area contributed by atoms with Crippen molar-refractivity contribution in [3.63, 3.8) is 0 Å². The van der Waals surface area contributed by atoms with Gasteiger partial charge in [0.05, 0.1) is 0 Å². The van der Waals surface area contributed by atoms with Crippen LogP contribution in [-0.4, -0.2) is 23.9 Å². The Morgan fingerprint density at radius 3 is 2.43 bits per heavy atom. The van der Waals surface area contributed by atoms with Gasteiger partial charge in [-0.25, -0.2) is 4.39 Å². The fraction of sp³-hybridized carbons (Fsp3) is 0.278. The first-order valence-corrected chi connectivity index (χ1v) is 7.22. The summed E-state index contributed by atoms with van der Waals surface area (Å²) in [5, 5.41) is 0. The van der Waals surface area contributed by atoms with E-state index in [9.17, 15) is 9.18 Å². The minimum absolute atomic E-state index is 0.0293. The number of amides is 1. The zero-order valence-corrected chi connectivity index (χ0v) is 12.7.